The predicted octanol–water partition coefficient (Wildman–Crippen LogP) is 2.95. The summed E-state index contributed by atoms with van der Waals surface area (Å²) in [6, 6.07) is 9.55. The Balaban J connectivity index is 2.03. The van der Waals surface area contributed by atoms with Crippen LogP contribution in [0.25, 0.3) is 0 Å². The average Bonchev–Trinajstić information content (AvgIpc) is 3.21. The van der Waals surface area contributed by atoms with E-state index in [2.05, 4.69) is 48.0 Å². The molecule has 0 saturated heterocycles. The van der Waals surface area contributed by atoms with E-state index in [4.69, 9.17) is 0 Å². The standard InChI is InChI=1S/C16H24N2/c1-3-11-18(16-9-10-16)13-15-8-6-5-7-14(15)12-17-4-2/h3,5-8,16-17H,1,4,9-13H2,2H3. The van der Waals surface area contributed by atoms with Crippen molar-refractivity contribution in [3.63, 3.8) is 0 Å². The zero-order valence-corrected chi connectivity index (χ0v) is 11.4. The van der Waals surface area contributed by atoms with Crippen molar-refractivity contribution in [2.75, 3.05) is 13.1 Å². The van der Waals surface area contributed by atoms with Crippen molar-refractivity contribution >= 4 is 0 Å². The Labute approximate surface area is 111 Å². The van der Waals surface area contributed by atoms with Crippen LogP contribution < -0.4 is 5.32 Å². The van der Waals surface area contributed by atoms with Gasteiger partial charge in [0.25, 0.3) is 0 Å². The topological polar surface area (TPSA) is 15.3 Å². The molecule has 1 aliphatic rings. The quantitative estimate of drug-likeness (QED) is 0.707. The molecular formula is C16H24N2. The van der Waals surface area contributed by atoms with Crippen LogP contribution in [-0.2, 0) is 13.1 Å². The van der Waals surface area contributed by atoms with Crippen LogP contribution in [0.1, 0.15) is 30.9 Å². The van der Waals surface area contributed by atoms with Crippen molar-refractivity contribution in [1.29, 1.82) is 0 Å². The van der Waals surface area contributed by atoms with Gasteiger partial charge in [-0.15, -0.1) is 6.58 Å². The average molecular weight is 244 g/mol. The molecule has 18 heavy (non-hydrogen) atoms. The fourth-order valence-electron chi connectivity index (χ4n) is 2.31. The van der Waals surface area contributed by atoms with Gasteiger partial charge in [-0.1, -0.05) is 37.3 Å². The van der Waals surface area contributed by atoms with Crippen LogP contribution >= 0.6 is 0 Å². The molecule has 0 unspecified atom stereocenters. The number of benzene rings is 1. The Hall–Kier alpha value is -1.12. The molecule has 1 fully saturated rings. The lowest BCUT2D eigenvalue weighted by molar-refractivity contribution is 0.283. The third-order valence-electron chi connectivity index (χ3n) is 3.48. The molecule has 0 bridgehead atoms. The molecule has 0 spiro atoms. The third-order valence-corrected chi connectivity index (χ3v) is 3.48. The lowest BCUT2D eigenvalue weighted by Crippen LogP contribution is -2.26. The van der Waals surface area contributed by atoms with Crippen molar-refractivity contribution in [2.24, 2.45) is 0 Å². The largest absolute Gasteiger partial charge is 0.313 e. The monoisotopic (exact) mass is 244 g/mol. The molecule has 98 valence electrons. The predicted molar refractivity (Wildman–Crippen MR) is 77.5 cm³/mol. The molecular weight excluding hydrogens is 220 g/mol. The van der Waals surface area contributed by atoms with Crippen molar-refractivity contribution in [3.8, 4) is 0 Å². The van der Waals surface area contributed by atoms with Crippen LogP contribution in [-0.4, -0.2) is 24.0 Å². The van der Waals surface area contributed by atoms with Gasteiger partial charge in [0.05, 0.1) is 0 Å². The van der Waals surface area contributed by atoms with E-state index in [1.54, 1.807) is 0 Å². The summed E-state index contributed by atoms with van der Waals surface area (Å²) in [6.45, 7) is 10.1. The SMILES string of the molecule is C=CCN(Cc1ccccc1CNCC)C1CC1. The minimum Gasteiger partial charge on any atom is -0.313 e. The number of nitrogens with zero attached hydrogens (tertiary/aromatic N) is 1. The van der Waals surface area contributed by atoms with Crippen LogP contribution in [0.3, 0.4) is 0 Å². The molecule has 0 amide bonds. The highest BCUT2D eigenvalue weighted by Crippen LogP contribution is 2.28. The first kappa shape index (κ1) is 13.3. The second kappa shape index (κ2) is 6.72. The fraction of sp³-hybridized carbons (Fsp3) is 0.500. The van der Waals surface area contributed by atoms with Gasteiger partial charge in [0.1, 0.15) is 0 Å². The molecule has 2 rings (SSSR count). The first-order chi connectivity index (χ1) is 8.85. The highest BCUT2D eigenvalue weighted by molar-refractivity contribution is 5.27. The van der Waals surface area contributed by atoms with Crippen LogP contribution in [0.15, 0.2) is 36.9 Å². The van der Waals surface area contributed by atoms with E-state index < -0.39 is 0 Å². The molecule has 1 saturated carbocycles. The zero-order chi connectivity index (χ0) is 12.8. The van der Waals surface area contributed by atoms with Crippen LogP contribution in [0.5, 0.6) is 0 Å². The molecule has 0 aliphatic heterocycles. The van der Waals surface area contributed by atoms with Crippen molar-refractivity contribution in [2.45, 2.75) is 38.9 Å². The number of hydrogen-bond acceptors (Lipinski definition) is 2. The first-order valence-corrected chi connectivity index (χ1v) is 6.97. The maximum atomic E-state index is 3.87. The van der Waals surface area contributed by atoms with Gasteiger partial charge < -0.3 is 5.32 Å². The van der Waals surface area contributed by atoms with Gasteiger partial charge in [-0.3, -0.25) is 4.90 Å². The smallest absolute Gasteiger partial charge is 0.0243 e. The minimum absolute atomic E-state index is 0.787. The number of rotatable bonds is 8. The Bertz CT molecular complexity index is 382. The third kappa shape index (κ3) is 3.69. The first-order valence-electron chi connectivity index (χ1n) is 6.97. The normalized spacial score (nSPS) is 15.0. The van der Waals surface area contributed by atoms with E-state index in [0.717, 1.165) is 32.2 Å². The molecule has 1 aromatic rings. The van der Waals surface area contributed by atoms with Gasteiger partial charge in [-0.2, -0.15) is 0 Å². The Morgan fingerprint density at radius 2 is 2.06 bits per heavy atom. The molecule has 0 atom stereocenters. The summed E-state index contributed by atoms with van der Waals surface area (Å²) in [4.78, 5) is 2.54. The molecule has 2 heteroatoms. The summed E-state index contributed by atoms with van der Waals surface area (Å²) in [5.41, 5.74) is 2.88. The van der Waals surface area contributed by atoms with E-state index in [0.29, 0.717) is 0 Å². The Morgan fingerprint density at radius 3 is 2.67 bits per heavy atom. The van der Waals surface area contributed by atoms with Gasteiger partial charge >= 0.3 is 0 Å². The molecule has 1 aliphatic carbocycles. The number of hydrogen-bond donors (Lipinski definition) is 1. The summed E-state index contributed by atoms with van der Waals surface area (Å²) in [6.07, 6.45) is 4.72. The van der Waals surface area contributed by atoms with Gasteiger partial charge in [-0.05, 0) is 30.5 Å². The lowest BCUT2D eigenvalue weighted by Gasteiger charge is -2.22. The van der Waals surface area contributed by atoms with E-state index in [1.807, 2.05) is 6.08 Å². The van der Waals surface area contributed by atoms with Crippen molar-refractivity contribution in [3.05, 3.63) is 48.0 Å². The summed E-state index contributed by atoms with van der Waals surface area (Å²) < 4.78 is 0. The summed E-state index contributed by atoms with van der Waals surface area (Å²) in [7, 11) is 0. The summed E-state index contributed by atoms with van der Waals surface area (Å²) in [5, 5.41) is 3.42. The molecule has 0 radical (unpaired) electrons. The molecule has 1 N–H and O–H groups in total. The van der Waals surface area contributed by atoms with Gasteiger partial charge in [-0.25, -0.2) is 0 Å². The van der Waals surface area contributed by atoms with E-state index in [1.165, 1.54) is 24.0 Å². The maximum absolute atomic E-state index is 3.87. The van der Waals surface area contributed by atoms with E-state index in [-0.39, 0.29) is 0 Å². The maximum Gasteiger partial charge on any atom is 0.0243 e. The van der Waals surface area contributed by atoms with Gasteiger partial charge in [0.2, 0.25) is 0 Å². The highest BCUT2D eigenvalue weighted by atomic mass is 15.2. The molecule has 1 aromatic carbocycles. The van der Waals surface area contributed by atoms with Crippen LogP contribution in [0, 0.1) is 0 Å². The second-order valence-electron chi connectivity index (χ2n) is 5.00. The zero-order valence-electron chi connectivity index (χ0n) is 11.4. The molecule has 0 aromatic heterocycles. The van der Waals surface area contributed by atoms with Crippen LogP contribution in [0.2, 0.25) is 0 Å². The fourth-order valence-corrected chi connectivity index (χ4v) is 2.31. The van der Waals surface area contributed by atoms with Crippen molar-refractivity contribution in [1.82, 2.24) is 10.2 Å². The molecule has 0 heterocycles. The van der Waals surface area contributed by atoms with Gasteiger partial charge in [0.15, 0.2) is 0 Å². The second-order valence-corrected chi connectivity index (χ2v) is 5.00. The summed E-state index contributed by atoms with van der Waals surface area (Å²) in [5.74, 6) is 0. The lowest BCUT2D eigenvalue weighted by atomic mass is 10.1. The van der Waals surface area contributed by atoms with E-state index >= 15 is 0 Å². The highest BCUT2D eigenvalue weighted by Gasteiger charge is 2.28. The molecule has 2 nitrogen and oxygen atoms in total. The summed E-state index contributed by atoms with van der Waals surface area (Å²) >= 11 is 0. The van der Waals surface area contributed by atoms with Crippen LogP contribution in [0.4, 0.5) is 0 Å². The van der Waals surface area contributed by atoms with Gasteiger partial charge in [0, 0.05) is 25.7 Å². The Morgan fingerprint density at radius 1 is 1.33 bits per heavy atom. The Kier molecular flexibility index (Phi) is 4.97. The number of nitrogens with one attached hydrogen (secondary N) is 1. The van der Waals surface area contributed by atoms with E-state index in [9.17, 15) is 0 Å². The minimum atomic E-state index is 0.787. The van der Waals surface area contributed by atoms with Crippen molar-refractivity contribution < 1.29 is 0 Å².